The van der Waals surface area contributed by atoms with Crippen LogP contribution in [-0.4, -0.2) is 15.0 Å². The first-order valence-corrected chi connectivity index (χ1v) is 7.19. The van der Waals surface area contributed by atoms with Gasteiger partial charge in [-0.25, -0.2) is 9.97 Å². The monoisotopic (exact) mass is 290 g/mol. The van der Waals surface area contributed by atoms with E-state index in [2.05, 4.69) is 34.1 Å². The number of aromatic nitrogens is 3. The maximum Gasteiger partial charge on any atom is 0.137 e. The first-order chi connectivity index (χ1) is 9.61. The van der Waals surface area contributed by atoms with Crippen molar-refractivity contribution in [3.8, 4) is 0 Å². The first-order valence-electron chi connectivity index (χ1n) is 6.81. The molecule has 4 nitrogen and oxygen atoms in total. The molecule has 2 rings (SSSR count). The Morgan fingerprint density at radius 1 is 1.35 bits per heavy atom. The number of rotatable bonds is 5. The normalized spacial score (nSPS) is 12.2. The molecule has 0 spiro atoms. The molecule has 1 unspecified atom stereocenters. The van der Waals surface area contributed by atoms with E-state index in [-0.39, 0.29) is 6.04 Å². The van der Waals surface area contributed by atoms with Crippen LogP contribution >= 0.6 is 11.6 Å². The van der Waals surface area contributed by atoms with Crippen LogP contribution in [0.25, 0.3) is 0 Å². The molecule has 5 heteroatoms. The molecule has 0 aliphatic heterocycles. The Kier molecular flexibility index (Phi) is 4.90. The maximum atomic E-state index is 6.18. The van der Waals surface area contributed by atoms with Crippen molar-refractivity contribution in [2.24, 2.45) is 0 Å². The van der Waals surface area contributed by atoms with E-state index in [1.54, 1.807) is 6.20 Å². The van der Waals surface area contributed by atoms with Crippen LogP contribution in [0.15, 0.2) is 24.5 Å². The molecule has 20 heavy (non-hydrogen) atoms. The molecule has 0 fully saturated rings. The van der Waals surface area contributed by atoms with Crippen molar-refractivity contribution in [3.63, 3.8) is 0 Å². The van der Waals surface area contributed by atoms with Gasteiger partial charge in [-0.1, -0.05) is 24.6 Å². The summed E-state index contributed by atoms with van der Waals surface area (Å²) >= 11 is 6.18. The van der Waals surface area contributed by atoms with Crippen molar-refractivity contribution in [2.75, 3.05) is 5.32 Å². The largest absolute Gasteiger partial charge is 0.363 e. The minimum atomic E-state index is 0.114. The van der Waals surface area contributed by atoms with Crippen LogP contribution in [0, 0.1) is 6.92 Å². The third kappa shape index (κ3) is 3.45. The molecule has 2 aromatic heterocycles. The van der Waals surface area contributed by atoms with Gasteiger partial charge in [-0.2, -0.15) is 0 Å². The maximum absolute atomic E-state index is 6.18. The van der Waals surface area contributed by atoms with E-state index in [0.717, 1.165) is 35.6 Å². The molecule has 0 bridgehead atoms. The average Bonchev–Trinajstić information content (AvgIpc) is 2.45. The second kappa shape index (κ2) is 6.66. The fourth-order valence-electron chi connectivity index (χ4n) is 1.93. The highest BCUT2D eigenvalue weighted by atomic mass is 35.5. The summed E-state index contributed by atoms with van der Waals surface area (Å²) in [6, 6.07) is 4.08. The molecular weight excluding hydrogens is 272 g/mol. The van der Waals surface area contributed by atoms with E-state index in [4.69, 9.17) is 11.6 Å². The van der Waals surface area contributed by atoms with Crippen LogP contribution in [0.1, 0.15) is 43.3 Å². The molecule has 0 aliphatic rings. The van der Waals surface area contributed by atoms with Crippen molar-refractivity contribution in [1.82, 2.24) is 15.0 Å². The van der Waals surface area contributed by atoms with E-state index >= 15 is 0 Å². The predicted molar refractivity (Wildman–Crippen MR) is 82.0 cm³/mol. The molecule has 0 aliphatic carbocycles. The highest BCUT2D eigenvalue weighted by molar-refractivity contribution is 6.30. The zero-order chi connectivity index (χ0) is 14.5. The van der Waals surface area contributed by atoms with Gasteiger partial charge in [0.15, 0.2) is 0 Å². The summed E-state index contributed by atoms with van der Waals surface area (Å²) < 4.78 is 0. The highest BCUT2D eigenvalue weighted by Gasteiger charge is 2.12. The third-order valence-corrected chi connectivity index (χ3v) is 3.51. The van der Waals surface area contributed by atoms with Gasteiger partial charge in [0.2, 0.25) is 0 Å². The minimum Gasteiger partial charge on any atom is -0.363 e. The topological polar surface area (TPSA) is 50.7 Å². The van der Waals surface area contributed by atoms with Crippen LogP contribution in [-0.2, 0) is 6.42 Å². The van der Waals surface area contributed by atoms with Crippen molar-refractivity contribution >= 4 is 17.4 Å². The van der Waals surface area contributed by atoms with E-state index < -0.39 is 0 Å². The fourth-order valence-corrected chi connectivity index (χ4v) is 2.12. The summed E-state index contributed by atoms with van der Waals surface area (Å²) in [4.78, 5) is 13.0. The van der Waals surface area contributed by atoms with Gasteiger partial charge < -0.3 is 5.32 Å². The number of nitrogens with one attached hydrogen (secondary N) is 1. The standard InChI is InChI=1S/C15H19ClN4/c1-4-6-13-19-14(16)10(2)15(20-13)18-11(3)12-7-5-8-17-9-12/h5,7-9,11H,4,6H2,1-3H3,(H,18,19,20). The number of hydrogen-bond acceptors (Lipinski definition) is 4. The number of halogens is 1. The molecule has 0 radical (unpaired) electrons. The van der Waals surface area contributed by atoms with Gasteiger partial charge in [-0.15, -0.1) is 0 Å². The number of aryl methyl sites for hydroxylation is 1. The van der Waals surface area contributed by atoms with E-state index in [9.17, 15) is 0 Å². The summed E-state index contributed by atoms with van der Waals surface area (Å²) in [5.41, 5.74) is 1.99. The van der Waals surface area contributed by atoms with Gasteiger partial charge in [0, 0.05) is 24.4 Å². The number of pyridine rings is 1. The van der Waals surface area contributed by atoms with E-state index in [1.807, 2.05) is 25.3 Å². The second-order valence-electron chi connectivity index (χ2n) is 4.81. The Morgan fingerprint density at radius 3 is 2.80 bits per heavy atom. The Hall–Kier alpha value is -1.68. The highest BCUT2D eigenvalue weighted by Crippen LogP contribution is 2.24. The molecule has 0 amide bonds. The molecule has 2 aromatic rings. The average molecular weight is 291 g/mol. The molecule has 1 N–H and O–H groups in total. The minimum absolute atomic E-state index is 0.114. The van der Waals surface area contributed by atoms with Crippen LogP contribution < -0.4 is 5.32 Å². The number of nitrogens with zero attached hydrogens (tertiary/aromatic N) is 3. The predicted octanol–water partition coefficient (Wildman–Crippen LogP) is 3.96. The summed E-state index contributed by atoms with van der Waals surface area (Å²) in [6.07, 6.45) is 5.44. The zero-order valence-electron chi connectivity index (χ0n) is 12.0. The van der Waals surface area contributed by atoms with E-state index in [1.165, 1.54) is 0 Å². The number of anilines is 1. The Labute approximate surface area is 124 Å². The van der Waals surface area contributed by atoms with Gasteiger partial charge in [-0.3, -0.25) is 4.98 Å². The lowest BCUT2D eigenvalue weighted by molar-refractivity contribution is 0.812. The van der Waals surface area contributed by atoms with Gasteiger partial charge in [0.1, 0.15) is 16.8 Å². The Morgan fingerprint density at radius 2 is 2.15 bits per heavy atom. The quantitative estimate of drug-likeness (QED) is 0.847. The molecule has 0 aromatic carbocycles. The van der Waals surface area contributed by atoms with Crippen molar-refractivity contribution in [2.45, 2.75) is 39.7 Å². The lowest BCUT2D eigenvalue weighted by Crippen LogP contribution is -2.11. The zero-order valence-corrected chi connectivity index (χ0v) is 12.8. The van der Waals surface area contributed by atoms with Gasteiger partial charge in [0.05, 0.1) is 6.04 Å². The van der Waals surface area contributed by atoms with Crippen LogP contribution in [0.5, 0.6) is 0 Å². The lowest BCUT2D eigenvalue weighted by atomic mass is 10.1. The third-order valence-electron chi connectivity index (χ3n) is 3.14. The molecule has 2 heterocycles. The van der Waals surface area contributed by atoms with Gasteiger partial charge in [0.25, 0.3) is 0 Å². The summed E-state index contributed by atoms with van der Waals surface area (Å²) in [7, 11) is 0. The van der Waals surface area contributed by atoms with E-state index in [0.29, 0.717) is 5.15 Å². The molecule has 106 valence electrons. The van der Waals surface area contributed by atoms with Crippen LogP contribution in [0.4, 0.5) is 5.82 Å². The molecule has 0 saturated carbocycles. The Balaban J connectivity index is 2.24. The summed E-state index contributed by atoms with van der Waals surface area (Å²) in [6.45, 7) is 6.10. The lowest BCUT2D eigenvalue weighted by Gasteiger charge is -2.17. The second-order valence-corrected chi connectivity index (χ2v) is 5.16. The first kappa shape index (κ1) is 14.7. The van der Waals surface area contributed by atoms with Crippen molar-refractivity contribution in [3.05, 3.63) is 46.6 Å². The molecule has 0 saturated heterocycles. The number of hydrogen-bond donors (Lipinski definition) is 1. The van der Waals surface area contributed by atoms with Gasteiger partial charge in [-0.05, 0) is 31.9 Å². The summed E-state index contributed by atoms with van der Waals surface area (Å²) in [5.74, 6) is 1.58. The van der Waals surface area contributed by atoms with Crippen molar-refractivity contribution in [1.29, 1.82) is 0 Å². The van der Waals surface area contributed by atoms with Crippen LogP contribution in [0.2, 0.25) is 5.15 Å². The van der Waals surface area contributed by atoms with Crippen LogP contribution in [0.3, 0.4) is 0 Å². The molecule has 1 atom stereocenters. The van der Waals surface area contributed by atoms with Gasteiger partial charge >= 0.3 is 0 Å². The smallest absolute Gasteiger partial charge is 0.137 e. The fraction of sp³-hybridized carbons (Fsp3) is 0.400. The SMILES string of the molecule is CCCc1nc(Cl)c(C)c(NC(C)c2cccnc2)n1. The summed E-state index contributed by atoms with van der Waals surface area (Å²) in [5, 5.41) is 3.91. The Bertz CT molecular complexity index is 572. The van der Waals surface area contributed by atoms with Crippen molar-refractivity contribution < 1.29 is 0 Å². The molecular formula is C15H19ClN4.